The van der Waals surface area contributed by atoms with Crippen LogP contribution in [0.25, 0.3) is 6.08 Å². The zero-order valence-electron chi connectivity index (χ0n) is 12.1. The molecular weight excluding hydrogens is 266 g/mol. The van der Waals surface area contributed by atoms with E-state index in [2.05, 4.69) is 4.99 Å². The van der Waals surface area contributed by atoms with E-state index in [1.165, 1.54) is 5.56 Å². The Hall–Kier alpha value is -2.62. The summed E-state index contributed by atoms with van der Waals surface area (Å²) in [7, 11) is 0. The monoisotopic (exact) mass is 281 g/mol. The first-order valence-electron chi connectivity index (χ1n) is 6.69. The molecule has 1 aromatic heterocycles. The van der Waals surface area contributed by atoms with Crippen LogP contribution in [0.15, 0.2) is 45.4 Å². The van der Waals surface area contributed by atoms with Gasteiger partial charge in [0.05, 0.1) is 0 Å². The van der Waals surface area contributed by atoms with Crippen molar-refractivity contribution >= 4 is 17.9 Å². The highest BCUT2D eigenvalue weighted by atomic mass is 16.6. The van der Waals surface area contributed by atoms with Crippen LogP contribution in [0.5, 0.6) is 0 Å². The molecule has 3 rings (SSSR count). The molecule has 0 unspecified atom stereocenters. The number of ether oxygens (including phenoxy) is 1. The van der Waals surface area contributed by atoms with Crippen molar-refractivity contribution in [1.29, 1.82) is 0 Å². The molecule has 0 fully saturated rings. The first kappa shape index (κ1) is 13.4. The maximum Gasteiger partial charge on any atom is 0.363 e. The summed E-state index contributed by atoms with van der Waals surface area (Å²) >= 11 is 0. The maximum absolute atomic E-state index is 11.9. The Kier molecular flexibility index (Phi) is 3.22. The van der Waals surface area contributed by atoms with Crippen molar-refractivity contribution in [3.05, 3.63) is 64.2 Å². The molecule has 0 saturated carbocycles. The van der Waals surface area contributed by atoms with Gasteiger partial charge in [-0.3, -0.25) is 0 Å². The highest BCUT2D eigenvalue weighted by Crippen LogP contribution is 2.21. The molecule has 2 aromatic rings. The van der Waals surface area contributed by atoms with E-state index in [4.69, 9.17) is 9.15 Å². The van der Waals surface area contributed by atoms with Gasteiger partial charge in [0.15, 0.2) is 5.70 Å². The van der Waals surface area contributed by atoms with Crippen LogP contribution in [0.4, 0.5) is 0 Å². The minimum Gasteiger partial charge on any atom is -0.462 e. The van der Waals surface area contributed by atoms with Gasteiger partial charge in [-0.05, 0) is 56.2 Å². The molecule has 0 amide bonds. The number of carbonyl (C=O) groups excluding carboxylic acids is 1. The lowest BCUT2D eigenvalue weighted by molar-refractivity contribution is -0.129. The number of hydrogen-bond acceptors (Lipinski definition) is 4. The van der Waals surface area contributed by atoms with Gasteiger partial charge in [0.25, 0.3) is 0 Å². The van der Waals surface area contributed by atoms with Gasteiger partial charge in [0, 0.05) is 11.6 Å². The van der Waals surface area contributed by atoms with Gasteiger partial charge in [0.2, 0.25) is 5.90 Å². The fraction of sp³-hybridized carbons (Fsp3) is 0.176. The topological polar surface area (TPSA) is 51.8 Å². The molecule has 0 bridgehead atoms. The highest BCUT2D eigenvalue weighted by molar-refractivity contribution is 6.12. The number of hydrogen-bond donors (Lipinski definition) is 0. The molecule has 1 aromatic carbocycles. The Morgan fingerprint density at radius 3 is 2.52 bits per heavy atom. The van der Waals surface area contributed by atoms with Gasteiger partial charge in [-0.25, -0.2) is 9.79 Å². The van der Waals surface area contributed by atoms with Crippen LogP contribution in [-0.4, -0.2) is 11.9 Å². The van der Waals surface area contributed by atoms with E-state index in [1.807, 2.05) is 45.0 Å². The molecular formula is C17H15NO3. The number of nitrogens with zero attached hydrogens (tertiary/aromatic N) is 1. The zero-order valence-corrected chi connectivity index (χ0v) is 12.1. The molecule has 1 aliphatic rings. The van der Waals surface area contributed by atoms with Crippen LogP contribution in [0.2, 0.25) is 0 Å². The average molecular weight is 281 g/mol. The standard InChI is InChI=1S/C17H15NO3/c1-10-4-6-13(8-11(10)2)16-18-15(17(19)21-16)9-14-7-5-12(3)20-14/h4-9H,1-3H3. The number of esters is 1. The van der Waals surface area contributed by atoms with E-state index >= 15 is 0 Å². The van der Waals surface area contributed by atoms with Gasteiger partial charge in [-0.2, -0.15) is 0 Å². The highest BCUT2D eigenvalue weighted by Gasteiger charge is 2.24. The van der Waals surface area contributed by atoms with Crippen LogP contribution in [0, 0.1) is 20.8 Å². The van der Waals surface area contributed by atoms with Gasteiger partial charge in [-0.15, -0.1) is 0 Å². The number of benzene rings is 1. The van der Waals surface area contributed by atoms with E-state index in [1.54, 1.807) is 12.1 Å². The minimum absolute atomic E-state index is 0.248. The number of aliphatic imine (C=N–C) groups is 1. The average Bonchev–Trinajstić information content (AvgIpc) is 3.00. The largest absolute Gasteiger partial charge is 0.462 e. The zero-order chi connectivity index (χ0) is 15.0. The summed E-state index contributed by atoms with van der Waals surface area (Å²) in [6, 6.07) is 9.47. The van der Waals surface area contributed by atoms with E-state index < -0.39 is 5.97 Å². The third-order valence-corrected chi connectivity index (χ3v) is 3.41. The molecule has 0 atom stereocenters. The second-order valence-electron chi connectivity index (χ2n) is 5.08. The summed E-state index contributed by atoms with van der Waals surface area (Å²) in [5.74, 6) is 1.24. The number of aryl methyl sites for hydroxylation is 3. The number of cyclic esters (lactones) is 1. The van der Waals surface area contributed by atoms with Crippen molar-refractivity contribution in [3.8, 4) is 0 Å². The third kappa shape index (κ3) is 2.65. The minimum atomic E-state index is -0.461. The second-order valence-corrected chi connectivity index (χ2v) is 5.08. The van der Waals surface area contributed by atoms with Gasteiger partial charge in [0.1, 0.15) is 11.5 Å². The fourth-order valence-corrected chi connectivity index (χ4v) is 2.07. The van der Waals surface area contributed by atoms with Crippen molar-refractivity contribution in [3.63, 3.8) is 0 Å². The Bertz CT molecular complexity index is 781. The first-order chi connectivity index (χ1) is 10.0. The van der Waals surface area contributed by atoms with Crippen molar-refractivity contribution in [1.82, 2.24) is 0 Å². The molecule has 1 aliphatic heterocycles. The van der Waals surface area contributed by atoms with E-state index in [9.17, 15) is 4.79 Å². The summed E-state index contributed by atoms with van der Waals surface area (Å²) in [4.78, 5) is 16.1. The quantitative estimate of drug-likeness (QED) is 0.625. The van der Waals surface area contributed by atoms with Crippen LogP contribution in [-0.2, 0) is 9.53 Å². The molecule has 0 spiro atoms. The van der Waals surface area contributed by atoms with E-state index in [0.29, 0.717) is 11.7 Å². The molecule has 106 valence electrons. The third-order valence-electron chi connectivity index (χ3n) is 3.41. The normalized spacial score (nSPS) is 16.2. The molecule has 4 nitrogen and oxygen atoms in total. The van der Waals surface area contributed by atoms with E-state index in [0.717, 1.165) is 16.9 Å². The van der Waals surface area contributed by atoms with Gasteiger partial charge < -0.3 is 9.15 Å². The van der Waals surface area contributed by atoms with Crippen molar-refractivity contribution in [2.24, 2.45) is 4.99 Å². The Balaban J connectivity index is 1.95. The Labute approximate surface area is 122 Å². The first-order valence-corrected chi connectivity index (χ1v) is 6.69. The lowest BCUT2D eigenvalue weighted by Gasteiger charge is -2.03. The number of carbonyl (C=O) groups is 1. The molecule has 0 aliphatic carbocycles. The predicted octanol–water partition coefficient (Wildman–Crippen LogP) is 3.55. The Morgan fingerprint density at radius 2 is 1.86 bits per heavy atom. The smallest absolute Gasteiger partial charge is 0.363 e. The molecule has 21 heavy (non-hydrogen) atoms. The molecule has 0 N–H and O–H groups in total. The molecule has 0 radical (unpaired) electrons. The lowest BCUT2D eigenvalue weighted by Crippen LogP contribution is -2.05. The SMILES string of the molecule is Cc1ccc(C=C2N=C(c3ccc(C)c(C)c3)OC2=O)o1. The van der Waals surface area contributed by atoms with Crippen LogP contribution in [0.3, 0.4) is 0 Å². The van der Waals surface area contributed by atoms with Gasteiger partial charge >= 0.3 is 5.97 Å². The second kappa shape index (κ2) is 5.05. The Morgan fingerprint density at radius 1 is 1.05 bits per heavy atom. The summed E-state index contributed by atoms with van der Waals surface area (Å²) in [6.45, 7) is 5.89. The van der Waals surface area contributed by atoms with Crippen molar-refractivity contribution in [2.75, 3.05) is 0 Å². The van der Waals surface area contributed by atoms with Crippen LogP contribution in [0.1, 0.15) is 28.2 Å². The summed E-state index contributed by atoms with van der Waals surface area (Å²) in [6.07, 6.45) is 1.59. The molecule has 4 heteroatoms. The maximum atomic E-state index is 11.9. The lowest BCUT2D eigenvalue weighted by atomic mass is 10.1. The predicted molar refractivity (Wildman–Crippen MR) is 80.0 cm³/mol. The van der Waals surface area contributed by atoms with Gasteiger partial charge in [-0.1, -0.05) is 6.07 Å². The summed E-state index contributed by atoms with van der Waals surface area (Å²) < 4.78 is 10.7. The fourth-order valence-electron chi connectivity index (χ4n) is 2.07. The van der Waals surface area contributed by atoms with Crippen LogP contribution < -0.4 is 0 Å². The van der Waals surface area contributed by atoms with Crippen molar-refractivity contribution < 1.29 is 13.9 Å². The number of furan rings is 1. The van der Waals surface area contributed by atoms with Crippen LogP contribution >= 0.6 is 0 Å². The van der Waals surface area contributed by atoms with E-state index in [-0.39, 0.29) is 5.70 Å². The number of rotatable bonds is 2. The molecule has 2 heterocycles. The molecule has 0 saturated heterocycles. The summed E-state index contributed by atoms with van der Waals surface area (Å²) in [5.41, 5.74) is 3.36. The summed E-state index contributed by atoms with van der Waals surface area (Å²) in [5, 5.41) is 0. The van der Waals surface area contributed by atoms with Crippen molar-refractivity contribution in [2.45, 2.75) is 20.8 Å².